The molecule has 2 bridgehead atoms. The molecule has 15 heteroatoms. The summed E-state index contributed by atoms with van der Waals surface area (Å²) in [5.41, 5.74) is -1.63. The van der Waals surface area contributed by atoms with E-state index in [9.17, 15) is 29.1 Å². The maximum atomic E-state index is 15.0. The Bertz CT molecular complexity index is 1760. The SMILES string of the molecule is CCCCCC1(CCCCC)O[C@@H]2[C@H](O1)[C@H]1ON(Cc3ccccc3C=CC(=O)O[C@H]3C(=O)OCC3(C)C)[C@@H]3C(=O)O[C@@H]2C[C@]13C(=O)N[C@H](CO)CCC(=O)OC(C)(C)C. The molecule has 4 heterocycles. The second kappa shape index (κ2) is 18.6. The van der Waals surface area contributed by atoms with Crippen molar-refractivity contribution in [3.63, 3.8) is 0 Å². The number of fused-ring (bicyclic) bond motifs is 4. The lowest BCUT2D eigenvalue weighted by molar-refractivity contribution is -0.224. The molecule has 0 radical (unpaired) electrons. The normalized spacial score (nSPS) is 29.5. The first-order valence-electron chi connectivity index (χ1n) is 21.7. The van der Waals surface area contributed by atoms with Gasteiger partial charge in [0.25, 0.3) is 0 Å². The fourth-order valence-electron chi connectivity index (χ4n) is 9.17. The fraction of sp³-hybridized carbons (Fsp3) is 0.711. The number of hydroxylamine groups is 2. The Kier molecular flexibility index (Phi) is 14.2. The smallest absolute Gasteiger partial charge is 0.348 e. The average molecular weight is 841 g/mol. The number of hydrogen-bond acceptors (Lipinski definition) is 14. The maximum Gasteiger partial charge on any atom is 0.348 e. The number of hydrogen-bond donors (Lipinski definition) is 2. The number of nitrogens with one attached hydrogen (secondary N) is 1. The summed E-state index contributed by atoms with van der Waals surface area (Å²) in [5.74, 6) is -3.91. The molecule has 1 amide bonds. The first-order chi connectivity index (χ1) is 28.5. The van der Waals surface area contributed by atoms with Gasteiger partial charge in [0.05, 0.1) is 19.2 Å². The van der Waals surface area contributed by atoms with Gasteiger partial charge in [-0.2, -0.15) is 5.06 Å². The van der Waals surface area contributed by atoms with Crippen LogP contribution < -0.4 is 5.32 Å². The first kappa shape index (κ1) is 45.6. The Balaban J connectivity index is 1.30. The third-order valence-corrected chi connectivity index (χ3v) is 12.2. The molecular weight excluding hydrogens is 776 g/mol. The Morgan fingerprint density at radius 3 is 2.32 bits per heavy atom. The Labute approximate surface area is 353 Å². The van der Waals surface area contributed by atoms with Crippen molar-refractivity contribution in [3.05, 3.63) is 41.5 Å². The molecule has 4 aliphatic heterocycles. The van der Waals surface area contributed by atoms with Gasteiger partial charge in [-0.3, -0.25) is 19.2 Å². The highest BCUT2D eigenvalue weighted by Gasteiger charge is 2.76. The molecule has 5 fully saturated rings. The number of carbonyl (C=O) groups excluding carboxylic acids is 5. The topological polar surface area (TPSA) is 185 Å². The molecule has 1 aromatic rings. The number of amides is 1. The van der Waals surface area contributed by atoms with Crippen molar-refractivity contribution in [3.8, 4) is 0 Å². The summed E-state index contributed by atoms with van der Waals surface area (Å²) in [7, 11) is 0. The van der Waals surface area contributed by atoms with Crippen LogP contribution in [0.15, 0.2) is 30.3 Å². The summed E-state index contributed by atoms with van der Waals surface area (Å²) < 4.78 is 36.1. The molecule has 2 N–H and O–H groups in total. The van der Waals surface area contributed by atoms with Crippen molar-refractivity contribution in [2.45, 2.75) is 180 Å². The highest BCUT2D eigenvalue weighted by molar-refractivity contribution is 5.94. The van der Waals surface area contributed by atoms with Crippen LogP contribution in [0.3, 0.4) is 0 Å². The minimum absolute atomic E-state index is 0.00592. The highest BCUT2D eigenvalue weighted by atomic mass is 16.8. The fourth-order valence-corrected chi connectivity index (χ4v) is 9.17. The largest absolute Gasteiger partial charge is 0.462 e. The van der Waals surface area contributed by atoms with Crippen LogP contribution in [0.2, 0.25) is 0 Å². The van der Waals surface area contributed by atoms with E-state index in [1.165, 1.54) is 11.1 Å². The number of unbranched alkanes of at least 4 members (excludes halogenated alkanes) is 4. The minimum Gasteiger partial charge on any atom is -0.462 e. The number of benzene rings is 1. The van der Waals surface area contributed by atoms with Gasteiger partial charge in [0, 0.05) is 37.2 Å². The van der Waals surface area contributed by atoms with Gasteiger partial charge < -0.3 is 38.8 Å². The Morgan fingerprint density at radius 1 is 1.00 bits per heavy atom. The van der Waals surface area contributed by atoms with Crippen LogP contribution in [0.1, 0.15) is 130 Å². The highest BCUT2D eigenvalue weighted by Crippen LogP contribution is 2.58. The summed E-state index contributed by atoms with van der Waals surface area (Å²) in [4.78, 5) is 73.9. The second-order valence-corrected chi connectivity index (χ2v) is 18.6. The second-order valence-electron chi connectivity index (χ2n) is 18.6. The minimum atomic E-state index is -1.52. The lowest BCUT2D eigenvalue weighted by atomic mass is 9.62. The standard InChI is InChI=1S/C45H64N2O13/c1-8-10-14-22-44(23-15-11-9-2)58-34-31-24-45(41(53)46-30(26-48)19-21-33(50)57-42(3,4)5)36(39(51)55-31)47(60-37(45)35(34)59-44)25-29-17-13-12-16-28(29)18-20-32(49)56-38-40(52)54-27-43(38,6)7/h12-13,16-18,20,30-31,34-38,48H,8-11,14-15,19,21-27H2,1-7H3,(H,46,53)/t30-,31+,34-,35-,36+,37+,38-,45+/m0/s1. The van der Waals surface area contributed by atoms with Crippen molar-refractivity contribution in [2.75, 3.05) is 13.2 Å². The number of nitrogens with zero attached hydrogens (tertiary/aromatic N) is 1. The van der Waals surface area contributed by atoms with Gasteiger partial charge in [-0.1, -0.05) is 77.6 Å². The van der Waals surface area contributed by atoms with Crippen molar-refractivity contribution < 1.29 is 62.3 Å². The van der Waals surface area contributed by atoms with E-state index in [-0.39, 0.29) is 32.4 Å². The zero-order valence-corrected chi connectivity index (χ0v) is 36.2. The van der Waals surface area contributed by atoms with Crippen LogP contribution >= 0.6 is 0 Å². The molecule has 0 aromatic heterocycles. The molecule has 1 aromatic carbocycles. The van der Waals surface area contributed by atoms with Gasteiger partial charge >= 0.3 is 23.9 Å². The zero-order chi connectivity index (χ0) is 43.5. The zero-order valence-electron chi connectivity index (χ0n) is 36.2. The number of ether oxygens (including phenoxy) is 6. The predicted octanol–water partition coefficient (Wildman–Crippen LogP) is 5.23. The van der Waals surface area contributed by atoms with Gasteiger partial charge in [0.1, 0.15) is 42.0 Å². The number of aliphatic hydroxyl groups is 1. The van der Waals surface area contributed by atoms with Crippen molar-refractivity contribution in [1.82, 2.24) is 10.4 Å². The molecule has 8 atom stereocenters. The van der Waals surface area contributed by atoms with Crippen LogP contribution in [0.25, 0.3) is 6.08 Å². The van der Waals surface area contributed by atoms with E-state index in [1.54, 1.807) is 52.8 Å². The Morgan fingerprint density at radius 2 is 1.68 bits per heavy atom. The van der Waals surface area contributed by atoms with Crippen LogP contribution in [0, 0.1) is 10.8 Å². The molecule has 1 saturated carbocycles. The lowest BCUT2D eigenvalue weighted by Crippen LogP contribution is -2.70. The maximum absolute atomic E-state index is 15.0. The number of aliphatic hydroxyl groups excluding tert-OH is 1. The molecule has 5 aliphatic rings. The van der Waals surface area contributed by atoms with Crippen LogP contribution in [-0.4, -0.2) is 107 Å². The number of esters is 4. The van der Waals surface area contributed by atoms with Crippen molar-refractivity contribution in [2.24, 2.45) is 10.8 Å². The van der Waals surface area contributed by atoms with E-state index in [4.69, 9.17) is 33.3 Å². The quantitative estimate of drug-likeness (QED) is 0.0798. The van der Waals surface area contributed by atoms with E-state index >= 15 is 0 Å². The molecule has 15 nitrogen and oxygen atoms in total. The molecule has 0 unspecified atom stereocenters. The van der Waals surface area contributed by atoms with Gasteiger partial charge in [-0.25, -0.2) is 9.59 Å². The van der Waals surface area contributed by atoms with E-state index < -0.39 is 101 Å². The number of rotatable bonds is 19. The third-order valence-electron chi connectivity index (χ3n) is 12.2. The van der Waals surface area contributed by atoms with Crippen molar-refractivity contribution >= 4 is 35.9 Å². The van der Waals surface area contributed by atoms with Gasteiger partial charge in [0.15, 0.2) is 11.8 Å². The van der Waals surface area contributed by atoms with E-state index in [1.807, 2.05) is 12.1 Å². The van der Waals surface area contributed by atoms with Crippen LogP contribution in [-0.2, 0) is 63.8 Å². The Hall–Kier alpha value is -3.89. The van der Waals surface area contributed by atoms with Crippen molar-refractivity contribution in [1.29, 1.82) is 0 Å². The molecule has 1 aliphatic carbocycles. The van der Waals surface area contributed by atoms with Crippen LogP contribution in [0.5, 0.6) is 0 Å². The van der Waals surface area contributed by atoms with E-state index in [0.717, 1.165) is 38.5 Å². The van der Waals surface area contributed by atoms with Gasteiger partial charge in [-0.05, 0) is 57.2 Å². The van der Waals surface area contributed by atoms with E-state index in [0.29, 0.717) is 24.0 Å². The first-order valence-corrected chi connectivity index (χ1v) is 21.7. The monoisotopic (exact) mass is 840 g/mol. The lowest BCUT2D eigenvalue weighted by Gasteiger charge is -2.49. The summed E-state index contributed by atoms with van der Waals surface area (Å²) >= 11 is 0. The van der Waals surface area contributed by atoms with Crippen LogP contribution in [0.4, 0.5) is 0 Å². The molecule has 60 heavy (non-hydrogen) atoms. The summed E-state index contributed by atoms with van der Waals surface area (Å²) in [5, 5.41) is 14.9. The van der Waals surface area contributed by atoms with Gasteiger partial charge in [-0.15, -0.1) is 0 Å². The summed E-state index contributed by atoms with van der Waals surface area (Å²) in [6.45, 7) is 12.8. The third kappa shape index (κ3) is 9.75. The van der Waals surface area contributed by atoms with Gasteiger partial charge in [0.2, 0.25) is 12.0 Å². The molecule has 0 spiro atoms. The summed E-state index contributed by atoms with van der Waals surface area (Å²) in [6, 6.07) is 5.16. The average Bonchev–Trinajstić information content (AvgIpc) is 3.83. The number of carbonyl (C=O) groups is 5. The predicted molar refractivity (Wildman–Crippen MR) is 216 cm³/mol. The molecule has 4 saturated heterocycles. The molecule has 332 valence electrons. The molecule has 6 rings (SSSR count). The summed E-state index contributed by atoms with van der Waals surface area (Å²) in [6.07, 6.45) is 5.65. The number of cyclic esters (lactones) is 1. The van der Waals surface area contributed by atoms with E-state index in [2.05, 4.69) is 19.2 Å². The molecular formula is C45H64N2O13.